The first kappa shape index (κ1) is 16.4. The minimum Gasteiger partial charge on any atom is -0.393 e. The van der Waals surface area contributed by atoms with Gasteiger partial charge < -0.3 is 10.2 Å². The van der Waals surface area contributed by atoms with E-state index in [1.165, 1.54) is 10.4 Å². The van der Waals surface area contributed by atoms with E-state index >= 15 is 0 Å². The number of rotatable bonds is 6. The third-order valence-corrected chi connectivity index (χ3v) is 5.88. The Bertz CT molecular complexity index is 581. The minimum absolute atomic E-state index is 0.204. The number of hydrogen-bond donors (Lipinski definition) is 2. The summed E-state index contributed by atoms with van der Waals surface area (Å²) < 4.78 is 26.4. The highest BCUT2D eigenvalue weighted by Gasteiger charge is 2.31. The van der Waals surface area contributed by atoms with Gasteiger partial charge in [-0.1, -0.05) is 19.1 Å². The lowest BCUT2D eigenvalue weighted by molar-refractivity contribution is 0.0367. The quantitative estimate of drug-likeness (QED) is 0.835. The highest BCUT2D eigenvalue weighted by atomic mass is 32.2. The molecule has 0 amide bonds. The van der Waals surface area contributed by atoms with E-state index in [0.29, 0.717) is 31.4 Å². The van der Waals surface area contributed by atoms with Gasteiger partial charge in [0.25, 0.3) is 0 Å². The van der Waals surface area contributed by atoms with Crippen LogP contribution in [0.5, 0.6) is 0 Å². The van der Waals surface area contributed by atoms with Gasteiger partial charge in [0.1, 0.15) is 0 Å². The van der Waals surface area contributed by atoms with Crippen LogP contribution in [0, 0.1) is 5.92 Å². The molecule has 2 N–H and O–H groups in total. The number of sulfonamides is 1. The predicted octanol–water partition coefficient (Wildman–Crippen LogP) is 1.52. The van der Waals surface area contributed by atoms with Crippen LogP contribution >= 0.6 is 0 Å². The van der Waals surface area contributed by atoms with E-state index in [1.54, 1.807) is 25.2 Å². The molecular weight excluding hydrogens is 290 g/mol. The van der Waals surface area contributed by atoms with Crippen LogP contribution in [0.25, 0.3) is 0 Å². The van der Waals surface area contributed by atoms with Crippen molar-refractivity contribution in [3.05, 3.63) is 29.8 Å². The van der Waals surface area contributed by atoms with Crippen molar-refractivity contribution in [2.75, 3.05) is 13.6 Å². The summed E-state index contributed by atoms with van der Waals surface area (Å²) in [5, 5.41) is 19.1. The Morgan fingerprint density at radius 3 is 2.62 bits per heavy atom. The smallest absolute Gasteiger partial charge is 0.242 e. The van der Waals surface area contributed by atoms with Crippen LogP contribution in [0.2, 0.25) is 0 Å². The molecule has 21 heavy (non-hydrogen) atoms. The van der Waals surface area contributed by atoms with Gasteiger partial charge in [-0.25, -0.2) is 12.7 Å². The summed E-state index contributed by atoms with van der Waals surface area (Å²) in [5.74, 6) is 0.226. The molecule has 1 aromatic rings. The Hall–Kier alpha value is -0.950. The average Bonchev–Trinajstić information content (AvgIpc) is 2.44. The van der Waals surface area contributed by atoms with Gasteiger partial charge in [0.15, 0.2) is 0 Å². The van der Waals surface area contributed by atoms with Crippen LogP contribution in [0.4, 0.5) is 0 Å². The molecule has 6 heteroatoms. The van der Waals surface area contributed by atoms with Gasteiger partial charge in [-0.15, -0.1) is 0 Å². The fourth-order valence-corrected chi connectivity index (χ4v) is 3.91. The van der Waals surface area contributed by atoms with Crippen LogP contribution < -0.4 is 0 Å². The first-order valence-electron chi connectivity index (χ1n) is 7.27. The van der Waals surface area contributed by atoms with Crippen LogP contribution in [0.15, 0.2) is 29.2 Å². The number of benzene rings is 1. The van der Waals surface area contributed by atoms with E-state index in [1.807, 2.05) is 6.92 Å². The molecule has 5 nitrogen and oxygen atoms in total. The summed E-state index contributed by atoms with van der Waals surface area (Å²) in [6.07, 6.45) is 0.934. The van der Waals surface area contributed by atoms with Crippen molar-refractivity contribution >= 4 is 10.0 Å². The zero-order valence-electron chi connectivity index (χ0n) is 12.4. The van der Waals surface area contributed by atoms with Crippen LogP contribution in [0.3, 0.4) is 0 Å². The van der Waals surface area contributed by atoms with E-state index in [2.05, 4.69) is 0 Å². The second kappa shape index (κ2) is 6.44. The molecule has 0 bridgehead atoms. The van der Waals surface area contributed by atoms with Gasteiger partial charge in [-0.05, 0) is 42.9 Å². The maximum absolute atomic E-state index is 12.5. The molecule has 2 rings (SSSR count). The van der Waals surface area contributed by atoms with Crippen molar-refractivity contribution in [1.82, 2.24) is 4.31 Å². The zero-order valence-corrected chi connectivity index (χ0v) is 13.3. The summed E-state index contributed by atoms with van der Waals surface area (Å²) >= 11 is 0. The Morgan fingerprint density at radius 1 is 1.38 bits per heavy atom. The summed E-state index contributed by atoms with van der Waals surface area (Å²) in [4.78, 5) is 0.204. The molecule has 1 saturated carbocycles. The Morgan fingerprint density at radius 2 is 2.05 bits per heavy atom. The van der Waals surface area contributed by atoms with Crippen molar-refractivity contribution in [1.29, 1.82) is 0 Å². The molecule has 1 unspecified atom stereocenters. The predicted molar refractivity (Wildman–Crippen MR) is 80.2 cm³/mol. The number of aliphatic hydroxyl groups is 2. The topological polar surface area (TPSA) is 77.8 Å². The number of aliphatic hydroxyl groups excluding tert-OH is 2. The van der Waals surface area contributed by atoms with Gasteiger partial charge in [-0.2, -0.15) is 0 Å². The lowest BCUT2D eigenvalue weighted by Gasteiger charge is -2.34. The van der Waals surface area contributed by atoms with Gasteiger partial charge in [-0.3, -0.25) is 0 Å². The standard InChI is InChI=1S/C15H23NO4S/c1-3-15(18)12-5-4-6-14(9-12)21(19,20)16(2)10-11-7-13(17)8-11/h4-6,9,11,13,15,17-18H,3,7-8,10H2,1-2H3. The Kier molecular flexibility index (Phi) is 5.03. The van der Waals surface area contributed by atoms with Crippen molar-refractivity contribution in [3.8, 4) is 0 Å². The highest BCUT2D eigenvalue weighted by Crippen LogP contribution is 2.29. The van der Waals surface area contributed by atoms with Gasteiger partial charge >= 0.3 is 0 Å². The summed E-state index contributed by atoms with van der Waals surface area (Å²) in [6.45, 7) is 2.26. The first-order valence-corrected chi connectivity index (χ1v) is 8.71. The molecule has 0 aliphatic heterocycles. The molecule has 1 aliphatic carbocycles. The molecule has 0 spiro atoms. The summed E-state index contributed by atoms with van der Waals surface area (Å²) in [6, 6.07) is 6.47. The third kappa shape index (κ3) is 3.63. The molecular formula is C15H23NO4S. The van der Waals surface area contributed by atoms with Crippen LogP contribution in [-0.4, -0.2) is 42.6 Å². The van der Waals surface area contributed by atoms with Crippen molar-refractivity contribution in [2.45, 2.75) is 43.3 Å². The molecule has 1 atom stereocenters. The lowest BCUT2D eigenvalue weighted by Crippen LogP contribution is -2.39. The van der Waals surface area contributed by atoms with Crippen molar-refractivity contribution in [2.24, 2.45) is 5.92 Å². The van der Waals surface area contributed by atoms with E-state index in [9.17, 15) is 18.6 Å². The fourth-order valence-electron chi connectivity index (χ4n) is 2.61. The van der Waals surface area contributed by atoms with E-state index < -0.39 is 16.1 Å². The fraction of sp³-hybridized carbons (Fsp3) is 0.600. The number of hydrogen-bond acceptors (Lipinski definition) is 4. The largest absolute Gasteiger partial charge is 0.393 e. The third-order valence-electron chi connectivity index (χ3n) is 4.06. The summed E-state index contributed by atoms with van der Waals surface area (Å²) in [5.41, 5.74) is 0.617. The molecule has 0 heterocycles. The van der Waals surface area contributed by atoms with Crippen LogP contribution in [0.1, 0.15) is 37.9 Å². The monoisotopic (exact) mass is 313 g/mol. The molecule has 0 saturated heterocycles. The Balaban J connectivity index is 2.14. The van der Waals surface area contributed by atoms with Crippen molar-refractivity contribution < 1.29 is 18.6 Å². The van der Waals surface area contributed by atoms with Gasteiger partial charge in [0, 0.05) is 13.6 Å². The maximum Gasteiger partial charge on any atom is 0.242 e. The zero-order chi connectivity index (χ0) is 15.6. The molecule has 0 radical (unpaired) electrons. The van der Waals surface area contributed by atoms with Gasteiger partial charge in [0.05, 0.1) is 17.1 Å². The Labute approximate surface area is 126 Å². The highest BCUT2D eigenvalue weighted by molar-refractivity contribution is 7.89. The van der Waals surface area contributed by atoms with Crippen molar-refractivity contribution in [3.63, 3.8) is 0 Å². The second-order valence-corrected chi connectivity index (χ2v) is 7.82. The van der Waals surface area contributed by atoms with E-state index in [4.69, 9.17) is 0 Å². The normalized spacial score (nSPS) is 23.9. The summed E-state index contributed by atoms with van der Waals surface area (Å²) in [7, 11) is -1.99. The second-order valence-electron chi connectivity index (χ2n) is 5.77. The average molecular weight is 313 g/mol. The van der Waals surface area contributed by atoms with Gasteiger partial charge in [0.2, 0.25) is 10.0 Å². The molecule has 1 aliphatic rings. The molecule has 118 valence electrons. The lowest BCUT2D eigenvalue weighted by atomic mass is 9.82. The molecule has 1 aromatic carbocycles. The molecule has 1 fully saturated rings. The first-order chi connectivity index (χ1) is 9.84. The van der Waals surface area contributed by atoms with Crippen LogP contribution in [-0.2, 0) is 10.0 Å². The van der Waals surface area contributed by atoms with E-state index in [0.717, 1.165) is 0 Å². The SMILES string of the molecule is CCC(O)c1cccc(S(=O)(=O)N(C)CC2CC(O)C2)c1. The minimum atomic E-state index is -3.55. The van der Waals surface area contributed by atoms with E-state index in [-0.39, 0.29) is 16.9 Å². The number of nitrogens with zero attached hydrogens (tertiary/aromatic N) is 1. The molecule has 0 aromatic heterocycles. The maximum atomic E-state index is 12.5.